The zero-order valence-electron chi connectivity index (χ0n) is 12.8. The van der Waals surface area contributed by atoms with Gasteiger partial charge in [-0.2, -0.15) is 0 Å². The topological polar surface area (TPSA) is 83.6 Å². The van der Waals surface area contributed by atoms with Crippen LogP contribution in [-0.2, 0) is 4.79 Å². The van der Waals surface area contributed by atoms with Crippen LogP contribution in [0.3, 0.4) is 0 Å². The van der Waals surface area contributed by atoms with Crippen LogP contribution in [0.15, 0.2) is 47.9 Å². The number of aromatic nitrogens is 4. The fourth-order valence-electron chi connectivity index (χ4n) is 2.03. The first-order valence-electron chi connectivity index (χ1n) is 7.13. The highest BCUT2D eigenvalue weighted by atomic mass is 127. The van der Waals surface area contributed by atoms with E-state index in [1.165, 1.54) is 11.8 Å². The Morgan fingerprint density at radius 2 is 2.08 bits per heavy atom. The van der Waals surface area contributed by atoms with Crippen LogP contribution in [-0.4, -0.2) is 31.8 Å². The van der Waals surface area contributed by atoms with Crippen molar-refractivity contribution < 1.29 is 4.79 Å². The number of nitrogens with one attached hydrogen (secondary N) is 2. The molecule has 1 aromatic carbocycles. The van der Waals surface area contributed by atoms with Crippen LogP contribution in [0.1, 0.15) is 5.56 Å². The molecule has 0 atom stereocenters. The normalized spacial score (nSPS) is 10.6. The smallest absolute Gasteiger partial charge is 0.234 e. The molecule has 3 aromatic rings. The van der Waals surface area contributed by atoms with E-state index in [0.29, 0.717) is 11.0 Å². The number of hydrogen-bond donors (Lipinski definition) is 2. The predicted molar refractivity (Wildman–Crippen MR) is 103 cm³/mol. The van der Waals surface area contributed by atoms with Gasteiger partial charge in [0.1, 0.15) is 0 Å². The van der Waals surface area contributed by atoms with Crippen molar-refractivity contribution in [2.75, 3.05) is 11.1 Å². The van der Waals surface area contributed by atoms with Gasteiger partial charge in [-0.3, -0.25) is 14.9 Å². The average Bonchev–Trinajstić information content (AvgIpc) is 3.05. The number of thioether (sulfide) groups is 1. The Kier molecular flexibility index (Phi) is 5.46. The number of rotatable bonds is 5. The third-order valence-corrected chi connectivity index (χ3v) is 4.73. The Morgan fingerprint density at radius 3 is 2.83 bits per heavy atom. The molecule has 6 nitrogen and oxygen atoms in total. The van der Waals surface area contributed by atoms with Gasteiger partial charge in [0.25, 0.3) is 0 Å². The van der Waals surface area contributed by atoms with E-state index in [0.717, 1.165) is 20.4 Å². The summed E-state index contributed by atoms with van der Waals surface area (Å²) in [5.74, 6) is 0.826. The summed E-state index contributed by atoms with van der Waals surface area (Å²) in [6.45, 7) is 1.97. The lowest BCUT2D eigenvalue weighted by molar-refractivity contribution is -0.113. The zero-order valence-corrected chi connectivity index (χ0v) is 15.8. The van der Waals surface area contributed by atoms with Crippen LogP contribution in [0.4, 0.5) is 5.69 Å². The minimum absolute atomic E-state index is 0.0837. The lowest BCUT2D eigenvalue weighted by Crippen LogP contribution is -2.15. The third kappa shape index (κ3) is 4.32. The molecule has 24 heavy (non-hydrogen) atoms. The number of H-pyrrole nitrogens is 1. The van der Waals surface area contributed by atoms with Crippen LogP contribution >= 0.6 is 34.4 Å². The molecule has 0 saturated heterocycles. The Labute approximate surface area is 157 Å². The molecule has 2 heterocycles. The highest BCUT2D eigenvalue weighted by molar-refractivity contribution is 14.1. The Balaban J connectivity index is 1.58. The van der Waals surface area contributed by atoms with Crippen molar-refractivity contribution in [2.24, 2.45) is 0 Å². The van der Waals surface area contributed by atoms with Crippen molar-refractivity contribution in [3.05, 3.63) is 51.9 Å². The number of carbonyl (C=O) groups excluding carboxylic acids is 1. The summed E-state index contributed by atoms with van der Waals surface area (Å²) >= 11 is 3.54. The molecule has 0 saturated carbocycles. The number of aryl methyl sites for hydroxylation is 1. The third-order valence-electron chi connectivity index (χ3n) is 3.21. The van der Waals surface area contributed by atoms with Gasteiger partial charge in [-0.05, 0) is 65.4 Å². The van der Waals surface area contributed by atoms with Crippen LogP contribution in [0.2, 0.25) is 0 Å². The molecule has 8 heteroatoms. The first-order valence-corrected chi connectivity index (χ1v) is 9.20. The van der Waals surface area contributed by atoms with E-state index in [9.17, 15) is 4.79 Å². The second-order valence-corrected chi connectivity index (χ2v) is 7.19. The fraction of sp³-hybridized carbons (Fsp3) is 0.125. The molecule has 1 amide bonds. The Hall–Kier alpha value is -1.94. The maximum atomic E-state index is 12.1. The van der Waals surface area contributed by atoms with E-state index in [-0.39, 0.29) is 11.7 Å². The van der Waals surface area contributed by atoms with Crippen LogP contribution in [0.5, 0.6) is 0 Å². The molecule has 122 valence electrons. The summed E-state index contributed by atoms with van der Waals surface area (Å²) < 4.78 is 1.14. The molecule has 2 aromatic heterocycles. The molecule has 2 N–H and O–H groups in total. The van der Waals surface area contributed by atoms with Crippen LogP contribution in [0.25, 0.3) is 11.4 Å². The molecule has 0 aliphatic carbocycles. The number of hydrogen-bond acceptors (Lipinski definition) is 5. The van der Waals surface area contributed by atoms with Gasteiger partial charge in [0.15, 0.2) is 5.82 Å². The highest BCUT2D eigenvalue weighted by Gasteiger charge is 2.10. The standard InChI is InChI=1S/C16H14IN5OS/c1-10-8-12(17)2-3-13(10)19-14(23)9-24-16-20-15(21-22-16)11-4-6-18-7-5-11/h2-8H,9H2,1H3,(H,19,23)(H,20,21,22). The Bertz CT molecular complexity index is 853. The van der Waals surface area contributed by atoms with Gasteiger partial charge in [0.2, 0.25) is 11.1 Å². The molecule has 0 fully saturated rings. The van der Waals surface area contributed by atoms with Gasteiger partial charge in [-0.1, -0.05) is 11.8 Å². The zero-order chi connectivity index (χ0) is 16.9. The largest absolute Gasteiger partial charge is 0.325 e. The molecule has 0 aliphatic heterocycles. The van der Waals surface area contributed by atoms with Crippen molar-refractivity contribution in [1.29, 1.82) is 0 Å². The van der Waals surface area contributed by atoms with E-state index in [2.05, 4.69) is 48.1 Å². The van der Waals surface area contributed by atoms with E-state index in [1.807, 2.05) is 37.3 Å². The van der Waals surface area contributed by atoms with Crippen molar-refractivity contribution in [1.82, 2.24) is 20.2 Å². The lowest BCUT2D eigenvalue weighted by Gasteiger charge is -2.07. The van der Waals surface area contributed by atoms with Gasteiger partial charge in [-0.25, -0.2) is 4.98 Å². The van der Waals surface area contributed by atoms with Crippen molar-refractivity contribution in [3.63, 3.8) is 0 Å². The predicted octanol–water partition coefficient (Wildman–Crippen LogP) is 3.51. The number of pyridine rings is 1. The molecule has 0 bridgehead atoms. The molecule has 0 unspecified atom stereocenters. The first-order chi connectivity index (χ1) is 11.6. The van der Waals surface area contributed by atoms with E-state index in [1.54, 1.807) is 12.4 Å². The molecule has 3 rings (SSSR count). The Morgan fingerprint density at radius 1 is 1.29 bits per heavy atom. The van der Waals surface area contributed by atoms with Crippen LogP contribution < -0.4 is 5.32 Å². The number of nitrogens with zero attached hydrogens (tertiary/aromatic N) is 3. The number of carbonyl (C=O) groups is 1. The van der Waals surface area contributed by atoms with E-state index >= 15 is 0 Å². The number of amides is 1. The van der Waals surface area contributed by atoms with Gasteiger partial charge in [0, 0.05) is 27.2 Å². The highest BCUT2D eigenvalue weighted by Crippen LogP contribution is 2.20. The number of halogens is 1. The number of aromatic amines is 1. The SMILES string of the molecule is Cc1cc(I)ccc1NC(=O)CSc1n[nH]c(-c2ccncc2)n1. The summed E-state index contributed by atoms with van der Waals surface area (Å²) in [5.41, 5.74) is 2.77. The molecule has 0 spiro atoms. The van der Waals surface area contributed by atoms with Gasteiger partial charge >= 0.3 is 0 Å². The number of anilines is 1. The maximum Gasteiger partial charge on any atom is 0.234 e. The second kappa shape index (κ2) is 7.75. The van der Waals surface area contributed by atoms with Crippen molar-refractivity contribution in [3.8, 4) is 11.4 Å². The minimum atomic E-state index is -0.0837. The summed E-state index contributed by atoms with van der Waals surface area (Å²) in [4.78, 5) is 20.4. The molecule has 0 aliphatic rings. The van der Waals surface area contributed by atoms with Crippen molar-refractivity contribution in [2.45, 2.75) is 12.1 Å². The minimum Gasteiger partial charge on any atom is -0.325 e. The van der Waals surface area contributed by atoms with E-state index < -0.39 is 0 Å². The number of benzene rings is 1. The fourth-order valence-corrected chi connectivity index (χ4v) is 3.28. The lowest BCUT2D eigenvalue weighted by atomic mass is 10.2. The summed E-state index contributed by atoms with van der Waals surface area (Å²) in [5, 5.41) is 10.4. The van der Waals surface area contributed by atoms with Gasteiger partial charge in [0.05, 0.1) is 5.75 Å². The monoisotopic (exact) mass is 451 g/mol. The summed E-state index contributed by atoms with van der Waals surface area (Å²) in [6.07, 6.45) is 3.39. The van der Waals surface area contributed by atoms with Crippen molar-refractivity contribution >= 4 is 45.9 Å². The molecular formula is C16H14IN5OS. The molecular weight excluding hydrogens is 437 g/mol. The molecule has 0 radical (unpaired) electrons. The van der Waals surface area contributed by atoms with Crippen LogP contribution in [0, 0.1) is 10.5 Å². The first kappa shape index (κ1) is 16.9. The van der Waals surface area contributed by atoms with Gasteiger partial charge < -0.3 is 5.32 Å². The summed E-state index contributed by atoms with van der Waals surface area (Å²) in [6, 6.07) is 9.60. The average molecular weight is 451 g/mol. The van der Waals surface area contributed by atoms with E-state index in [4.69, 9.17) is 0 Å². The quantitative estimate of drug-likeness (QED) is 0.458. The summed E-state index contributed by atoms with van der Waals surface area (Å²) in [7, 11) is 0. The second-order valence-electron chi connectivity index (χ2n) is 5.00. The maximum absolute atomic E-state index is 12.1. The van der Waals surface area contributed by atoms with Gasteiger partial charge in [-0.15, -0.1) is 5.10 Å².